The second-order valence-electron chi connectivity index (χ2n) is 7.55. The van der Waals surface area contributed by atoms with Gasteiger partial charge in [0, 0.05) is 11.1 Å². The second kappa shape index (κ2) is 8.23. The first-order chi connectivity index (χ1) is 15.6. The van der Waals surface area contributed by atoms with Crippen LogP contribution in [0.15, 0.2) is 66.7 Å². The van der Waals surface area contributed by atoms with E-state index in [0.29, 0.717) is 41.4 Å². The summed E-state index contributed by atoms with van der Waals surface area (Å²) in [6.07, 6.45) is 1.80. The van der Waals surface area contributed by atoms with Crippen LogP contribution in [-0.4, -0.2) is 37.0 Å². The molecule has 2 heterocycles. The zero-order valence-electron chi connectivity index (χ0n) is 17.5. The highest BCUT2D eigenvalue weighted by Crippen LogP contribution is 2.35. The summed E-state index contributed by atoms with van der Waals surface area (Å²) in [5.41, 5.74) is 3.23. The van der Waals surface area contributed by atoms with E-state index in [0.717, 1.165) is 16.9 Å². The predicted molar refractivity (Wildman–Crippen MR) is 120 cm³/mol. The van der Waals surface area contributed by atoms with Gasteiger partial charge in [-0.2, -0.15) is 0 Å². The lowest BCUT2D eigenvalue weighted by Gasteiger charge is -2.29. The highest BCUT2D eigenvalue weighted by molar-refractivity contribution is 6.33. The van der Waals surface area contributed by atoms with Crippen LogP contribution in [0.3, 0.4) is 0 Å². The molecule has 0 unspecified atom stereocenters. The number of nitrogens with zero attached hydrogens (tertiary/aromatic N) is 1. The van der Waals surface area contributed by atoms with Crippen molar-refractivity contribution in [1.29, 1.82) is 0 Å². The molecule has 2 aliphatic heterocycles. The number of ether oxygens (including phenoxy) is 3. The van der Waals surface area contributed by atoms with Crippen LogP contribution in [0, 0.1) is 0 Å². The monoisotopic (exact) mass is 427 g/mol. The summed E-state index contributed by atoms with van der Waals surface area (Å²) in [5, 5.41) is 0. The zero-order chi connectivity index (χ0) is 22.1. The molecule has 0 bridgehead atoms. The zero-order valence-corrected chi connectivity index (χ0v) is 17.5. The maximum absolute atomic E-state index is 13.5. The number of imide groups is 1. The number of hydrogen-bond donors (Lipinski definition) is 0. The Hall–Kier alpha value is -4.06. The first-order valence-electron chi connectivity index (χ1n) is 10.3. The summed E-state index contributed by atoms with van der Waals surface area (Å²) in [4.78, 5) is 27.9. The summed E-state index contributed by atoms with van der Waals surface area (Å²) in [6, 6.07) is 20.1. The van der Waals surface area contributed by atoms with Gasteiger partial charge in [-0.1, -0.05) is 36.4 Å². The molecule has 0 saturated carbocycles. The number of amides is 2. The Morgan fingerprint density at radius 3 is 2.34 bits per heavy atom. The van der Waals surface area contributed by atoms with Crippen LogP contribution in [-0.2, 0) is 11.3 Å². The fourth-order valence-electron chi connectivity index (χ4n) is 3.92. The highest BCUT2D eigenvalue weighted by Gasteiger charge is 2.34. The van der Waals surface area contributed by atoms with Gasteiger partial charge in [0.1, 0.15) is 19.0 Å². The number of methoxy groups -OCH3 is 1. The van der Waals surface area contributed by atoms with Crippen molar-refractivity contribution in [2.45, 2.75) is 6.54 Å². The topological polar surface area (TPSA) is 65.1 Å². The quantitative estimate of drug-likeness (QED) is 0.462. The number of hydrogen-bond acceptors (Lipinski definition) is 5. The normalized spacial score (nSPS) is 16.2. The van der Waals surface area contributed by atoms with Crippen LogP contribution in [0.25, 0.3) is 11.6 Å². The van der Waals surface area contributed by atoms with E-state index in [1.54, 1.807) is 31.4 Å². The summed E-state index contributed by atoms with van der Waals surface area (Å²) in [7, 11) is 1.60. The predicted octanol–water partition coefficient (Wildman–Crippen LogP) is 4.19. The highest BCUT2D eigenvalue weighted by atomic mass is 16.6. The van der Waals surface area contributed by atoms with Crippen LogP contribution in [0.2, 0.25) is 0 Å². The van der Waals surface area contributed by atoms with E-state index in [2.05, 4.69) is 0 Å². The lowest BCUT2D eigenvalue weighted by molar-refractivity contribution is -0.123. The maximum atomic E-state index is 13.5. The average Bonchev–Trinajstić information content (AvgIpc) is 2.84. The Morgan fingerprint density at radius 2 is 1.59 bits per heavy atom. The van der Waals surface area contributed by atoms with Crippen LogP contribution >= 0.6 is 0 Å². The molecule has 0 radical (unpaired) electrons. The first-order valence-corrected chi connectivity index (χ1v) is 10.3. The third-order valence-electron chi connectivity index (χ3n) is 5.55. The fourth-order valence-corrected chi connectivity index (χ4v) is 3.92. The SMILES string of the molecule is COc1ccc(CN2C(=O)/C(=C\c3ccc4c(c3)OCCO4)c3ccccc3C2=O)cc1. The molecule has 0 spiro atoms. The molecule has 3 aromatic rings. The molecule has 0 aliphatic carbocycles. The fraction of sp³-hybridized carbons (Fsp3) is 0.154. The molecule has 0 fully saturated rings. The van der Waals surface area contributed by atoms with Crippen molar-refractivity contribution in [2.75, 3.05) is 20.3 Å². The number of carbonyl (C=O) groups excluding carboxylic acids is 2. The third-order valence-corrected chi connectivity index (χ3v) is 5.55. The maximum Gasteiger partial charge on any atom is 0.261 e. The number of benzene rings is 3. The van der Waals surface area contributed by atoms with Crippen molar-refractivity contribution in [3.8, 4) is 17.2 Å². The van der Waals surface area contributed by atoms with E-state index in [1.807, 2.05) is 48.5 Å². The van der Waals surface area contributed by atoms with Crippen molar-refractivity contribution in [2.24, 2.45) is 0 Å². The molecule has 0 saturated heterocycles. The van der Waals surface area contributed by atoms with Gasteiger partial charge in [-0.15, -0.1) is 0 Å². The minimum Gasteiger partial charge on any atom is -0.497 e. The lowest BCUT2D eigenvalue weighted by Crippen LogP contribution is -2.41. The van der Waals surface area contributed by atoms with E-state index < -0.39 is 0 Å². The molecule has 6 nitrogen and oxygen atoms in total. The van der Waals surface area contributed by atoms with E-state index in [9.17, 15) is 9.59 Å². The van der Waals surface area contributed by atoms with Gasteiger partial charge in [-0.3, -0.25) is 14.5 Å². The summed E-state index contributed by atoms with van der Waals surface area (Å²) >= 11 is 0. The van der Waals surface area contributed by atoms with Crippen LogP contribution in [0.4, 0.5) is 0 Å². The van der Waals surface area contributed by atoms with Gasteiger partial charge in [-0.05, 0) is 53.1 Å². The van der Waals surface area contributed by atoms with E-state index in [-0.39, 0.29) is 18.4 Å². The van der Waals surface area contributed by atoms with E-state index in [4.69, 9.17) is 14.2 Å². The van der Waals surface area contributed by atoms with Crippen LogP contribution < -0.4 is 14.2 Å². The molecular formula is C26H21NO5. The van der Waals surface area contributed by atoms with Crippen molar-refractivity contribution in [3.63, 3.8) is 0 Å². The number of carbonyl (C=O) groups is 2. The minimum absolute atomic E-state index is 0.175. The summed E-state index contributed by atoms with van der Waals surface area (Å²) < 4.78 is 16.5. The number of rotatable bonds is 4. The second-order valence-corrected chi connectivity index (χ2v) is 7.55. The molecule has 2 aliphatic rings. The van der Waals surface area contributed by atoms with Crippen molar-refractivity contribution >= 4 is 23.5 Å². The standard InChI is InChI=1S/C26H21NO5/c1-30-19-9-6-17(7-10-19)16-27-25(28)21-5-3-2-4-20(21)22(26(27)29)14-18-8-11-23-24(15-18)32-13-12-31-23/h2-11,14-15H,12-13,16H2,1H3/b22-14-. The molecule has 3 aromatic carbocycles. The van der Waals surface area contributed by atoms with Gasteiger partial charge >= 0.3 is 0 Å². The average molecular weight is 427 g/mol. The Labute approximate surface area is 185 Å². The molecule has 0 N–H and O–H groups in total. The van der Waals surface area contributed by atoms with Gasteiger partial charge in [0.2, 0.25) is 0 Å². The Bertz CT molecular complexity index is 1230. The molecule has 32 heavy (non-hydrogen) atoms. The van der Waals surface area contributed by atoms with Crippen molar-refractivity contribution in [1.82, 2.24) is 4.90 Å². The molecule has 0 aromatic heterocycles. The molecule has 6 heteroatoms. The Kier molecular flexibility index (Phi) is 5.11. The largest absolute Gasteiger partial charge is 0.497 e. The van der Waals surface area contributed by atoms with E-state index in [1.165, 1.54) is 4.90 Å². The molecule has 0 atom stereocenters. The smallest absolute Gasteiger partial charge is 0.261 e. The van der Waals surface area contributed by atoms with Gasteiger partial charge in [-0.25, -0.2) is 0 Å². The van der Waals surface area contributed by atoms with E-state index >= 15 is 0 Å². The van der Waals surface area contributed by atoms with Gasteiger partial charge < -0.3 is 14.2 Å². The van der Waals surface area contributed by atoms with Gasteiger partial charge in [0.05, 0.1) is 13.7 Å². The van der Waals surface area contributed by atoms with Crippen molar-refractivity contribution in [3.05, 3.63) is 89.0 Å². The molecular weight excluding hydrogens is 406 g/mol. The molecule has 5 rings (SSSR count). The van der Waals surface area contributed by atoms with Gasteiger partial charge in [0.25, 0.3) is 11.8 Å². The Balaban J connectivity index is 1.54. The first kappa shape index (κ1) is 19.9. The van der Waals surface area contributed by atoms with Gasteiger partial charge in [0.15, 0.2) is 11.5 Å². The van der Waals surface area contributed by atoms with Crippen LogP contribution in [0.5, 0.6) is 17.2 Å². The minimum atomic E-state index is -0.334. The molecule has 160 valence electrons. The Morgan fingerprint density at radius 1 is 0.875 bits per heavy atom. The number of fused-ring (bicyclic) bond motifs is 2. The summed E-state index contributed by atoms with van der Waals surface area (Å²) in [6.45, 7) is 1.18. The summed E-state index contributed by atoms with van der Waals surface area (Å²) in [5.74, 6) is 1.41. The van der Waals surface area contributed by atoms with Crippen molar-refractivity contribution < 1.29 is 23.8 Å². The van der Waals surface area contributed by atoms with Crippen LogP contribution in [0.1, 0.15) is 27.0 Å². The third kappa shape index (κ3) is 3.60. The molecule has 2 amide bonds. The lowest BCUT2D eigenvalue weighted by atomic mass is 9.91.